The maximum Gasteiger partial charge on any atom is 0.317 e. The molecule has 2 N–H and O–H groups in total. The molecule has 4 amide bonds. The van der Waals surface area contributed by atoms with Gasteiger partial charge in [0.05, 0.1) is 31.5 Å². The average Bonchev–Trinajstić information content (AvgIpc) is 3.49. The van der Waals surface area contributed by atoms with Gasteiger partial charge in [-0.25, -0.2) is 9.78 Å². The van der Waals surface area contributed by atoms with Gasteiger partial charge in [0.25, 0.3) is 0 Å². The lowest BCUT2D eigenvalue weighted by Gasteiger charge is -2.29. The van der Waals surface area contributed by atoms with E-state index in [1.165, 1.54) is 4.90 Å². The largest absolute Gasteiger partial charge is 0.378 e. The van der Waals surface area contributed by atoms with Crippen molar-refractivity contribution in [2.45, 2.75) is 50.1 Å². The molecule has 1 aromatic carbocycles. The van der Waals surface area contributed by atoms with E-state index < -0.39 is 18.0 Å². The van der Waals surface area contributed by atoms with Gasteiger partial charge in [-0.3, -0.25) is 9.59 Å². The summed E-state index contributed by atoms with van der Waals surface area (Å²) in [5.74, 6) is -1.15. The molecule has 0 spiro atoms. The molecular weight excluding hydrogens is 489 g/mol. The van der Waals surface area contributed by atoms with Gasteiger partial charge in [0.1, 0.15) is 6.04 Å². The van der Waals surface area contributed by atoms with Crippen LogP contribution in [0.15, 0.2) is 42.5 Å². The van der Waals surface area contributed by atoms with Crippen molar-refractivity contribution in [2.75, 3.05) is 39.4 Å². The fourth-order valence-corrected chi connectivity index (χ4v) is 5.20. The monoisotopic (exact) mass is 523 g/mol. The number of hydrogen-bond acceptors (Lipinski definition) is 5. The number of rotatable bonds is 7. The Kier molecular flexibility index (Phi) is 7.60. The molecule has 3 fully saturated rings. The van der Waals surface area contributed by atoms with E-state index >= 15 is 4.39 Å². The standard InChI is InChI=1S/C28H34FN5O4/c1-28(11-12-28)20-9-10-21(31-25(20)29)24(19-6-3-2-4-7-19)32-26(36)22-8-5-13-34(22)23(35)18-30-27(37)33-14-16-38-17-15-33/h2-4,6-7,9-10,22,24H,5,8,11-18H2,1H3,(H,30,37)(H,32,36)/t22-,24-/m0/s1. The van der Waals surface area contributed by atoms with Crippen LogP contribution >= 0.6 is 0 Å². The van der Waals surface area contributed by atoms with Crippen molar-refractivity contribution in [3.8, 4) is 0 Å². The highest BCUT2D eigenvalue weighted by Gasteiger charge is 2.42. The third kappa shape index (κ3) is 5.65. The van der Waals surface area contributed by atoms with E-state index in [1.807, 2.05) is 37.3 Å². The number of nitrogens with zero attached hydrogens (tertiary/aromatic N) is 3. The lowest BCUT2D eigenvalue weighted by Crippen LogP contribution is -2.52. The molecule has 5 rings (SSSR count). The molecule has 2 saturated heterocycles. The molecule has 2 aliphatic heterocycles. The van der Waals surface area contributed by atoms with E-state index in [1.54, 1.807) is 17.0 Å². The molecule has 2 aromatic rings. The number of morpholine rings is 1. The number of pyridine rings is 1. The maximum atomic E-state index is 15.0. The summed E-state index contributed by atoms with van der Waals surface area (Å²) < 4.78 is 20.3. The molecule has 0 unspecified atom stereocenters. The second kappa shape index (κ2) is 11.1. The normalized spacial score (nSPS) is 21.1. The molecule has 2 atom stereocenters. The Bertz CT molecular complexity index is 1180. The number of hydrogen-bond donors (Lipinski definition) is 2. The van der Waals surface area contributed by atoms with Crippen LogP contribution in [0.3, 0.4) is 0 Å². The summed E-state index contributed by atoms with van der Waals surface area (Å²) in [4.78, 5) is 46.2. The minimum atomic E-state index is -0.677. The summed E-state index contributed by atoms with van der Waals surface area (Å²) in [5.41, 5.74) is 1.62. The molecule has 10 heteroatoms. The van der Waals surface area contributed by atoms with Crippen LogP contribution < -0.4 is 10.6 Å². The summed E-state index contributed by atoms with van der Waals surface area (Å²) in [6.07, 6.45) is 3.05. The Morgan fingerprint density at radius 3 is 2.53 bits per heavy atom. The van der Waals surface area contributed by atoms with Gasteiger partial charge in [0.2, 0.25) is 17.8 Å². The van der Waals surface area contributed by atoms with Gasteiger partial charge in [-0.2, -0.15) is 4.39 Å². The number of aromatic nitrogens is 1. The quantitative estimate of drug-likeness (QED) is 0.543. The van der Waals surface area contributed by atoms with Gasteiger partial charge >= 0.3 is 6.03 Å². The molecule has 0 radical (unpaired) electrons. The molecule has 1 saturated carbocycles. The summed E-state index contributed by atoms with van der Waals surface area (Å²) in [5, 5.41) is 5.69. The Balaban J connectivity index is 1.28. The molecular formula is C28H34FN5O4. The molecule has 202 valence electrons. The number of ether oxygens (including phenoxy) is 1. The maximum absolute atomic E-state index is 15.0. The van der Waals surface area contributed by atoms with Gasteiger partial charge in [-0.15, -0.1) is 0 Å². The molecule has 3 aliphatic rings. The van der Waals surface area contributed by atoms with Crippen LogP contribution in [0.5, 0.6) is 0 Å². The summed E-state index contributed by atoms with van der Waals surface area (Å²) in [6.45, 7) is 4.17. The minimum absolute atomic E-state index is 0.164. The highest BCUT2D eigenvalue weighted by atomic mass is 19.1. The fourth-order valence-electron chi connectivity index (χ4n) is 5.20. The number of urea groups is 1. The summed E-state index contributed by atoms with van der Waals surface area (Å²) in [7, 11) is 0. The van der Waals surface area contributed by atoms with E-state index in [9.17, 15) is 14.4 Å². The van der Waals surface area contributed by atoms with Crippen LogP contribution in [0.25, 0.3) is 0 Å². The number of nitrogens with one attached hydrogen (secondary N) is 2. The van der Waals surface area contributed by atoms with Crippen molar-refractivity contribution in [3.05, 3.63) is 65.2 Å². The molecule has 38 heavy (non-hydrogen) atoms. The minimum Gasteiger partial charge on any atom is -0.378 e. The number of benzene rings is 1. The Labute approximate surface area is 221 Å². The highest BCUT2D eigenvalue weighted by molar-refractivity contribution is 5.90. The number of carbonyl (C=O) groups excluding carboxylic acids is 3. The van der Waals surface area contributed by atoms with Crippen LogP contribution in [-0.2, 0) is 19.7 Å². The van der Waals surface area contributed by atoms with Gasteiger partial charge in [-0.05, 0) is 42.7 Å². The van der Waals surface area contributed by atoms with Crippen LogP contribution in [0.1, 0.15) is 55.5 Å². The van der Waals surface area contributed by atoms with Crippen molar-refractivity contribution < 1.29 is 23.5 Å². The van der Waals surface area contributed by atoms with Crippen LogP contribution in [0.2, 0.25) is 0 Å². The second-order valence-corrected chi connectivity index (χ2v) is 10.5. The number of amides is 4. The number of likely N-dealkylation sites (tertiary alicyclic amines) is 1. The predicted octanol–water partition coefficient (Wildman–Crippen LogP) is 2.51. The van der Waals surface area contributed by atoms with Crippen LogP contribution in [0.4, 0.5) is 9.18 Å². The van der Waals surface area contributed by atoms with E-state index in [2.05, 4.69) is 15.6 Å². The zero-order valence-electron chi connectivity index (χ0n) is 21.6. The van der Waals surface area contributed by atoms with E-state index in [0.29, 0.717) is 56.9 Å². The zero-order chi connectivity index (χ0) is 26.7. The first-order chi connectivity index (χ1) is 18.4. The second-order valence-electron chi connectivity index (χ2n) is 10.5. The smallest absolute Gasteiger partial charge is 0.317 e. The lowest BCUT2D eigenvalue weighted by molar-refractivity contribution is -0.137. The molecule has 1 aliphatic carbocycles. The van der Waals surface area contributed by atoms with Crippen LogP contribution in [-0.4, -0.2) is 78.1 Å². The Hall–Kier alpha value is -3.53. The van der Waals surface area contributed by atoms with Crippen LogP contribution in [0, 0.1) is 5.95 Å². The lowest BCUT2D eigenvalue weighted by atomic mass is 9.97. The summed E-state index contributed by atoms with van der Waals surface area (Å²) in [6, 6.07) is 11.2. The third-order valence-electron chi connectivity index (χ3n) is 7.80. The number of carbonyl (C=O) groups is 3. The molecule has 0 bridgehead atoms. The van der Waals surface area contributed by atoms with Crippen molar-refractivity contribution in [3.63, 3.8) is 0 Å². The van der Waals surface area contributed by atoms with Crippen molar-refractivity contribution >= 4 is 17.8 Å². The fraction of sp³-hybridized carbons (Fsp3) is 0.500. The van der Waals surface area contributed by atoms with E-state index in [-0.39, 0.29) is 29.8 Å². The zero-order valence-corrected chi connectivity index (χ0v) is 21.6. The highest BCUT2D eigenvalue weighted by Crippen LogP contribution is 2.48. The first kappa shape index (κ1) is 26.1. The summed E-state index contributed by atoms with van der Waals surface area (Å²) >= 11 is 0. The Morgan fingerprint density at radius 1 is 1.11 bits per heavy atom. The Morgan fingerprint density at radius 2 is 1.84 bits per heavy atom. The first-order valence-corrected chi connectivity index (χ1v) is 13.3. The third-order valence-corrected chi connectivity index (χ3v) is 7.80. The number of halogens is 1. The van der Waals surface area contributed by atoms with Gasteiger partial charge < -0.3 is 25.2 Å². The predicted molar refractivity (Wildman–Crippen MR) is 138 cm³/mol. The van der Waals surface area contributed by atoms with Gasteiger partial charge in [-0.1, -0.05) is 43.3 Å². The molecule has 9 nitrogen and oxygen atoms in total. The SMILES string of the molecule is CC1(c2ccc([C@@H](NC(=O)[C@@H]3CCCN3C(=O)CNC(=O)N3CCOCC3)c3ccccc3)nc2F)CC1. The average molecular weight is 524 g/mol. The molecule has 1 aromatic heterocycles. The van der Waals surface area contributed by atoms with E-state index in [0.717, 1.165) is 18.4 Å². The molecule has 3 heterocycles. The van der Waals surface area contributed by atoms with Gasteiger partial charge in [0, 0.05) is 25.2 Å². The van der Waals surface area contributed by atoms with Crippen molar-refractivity contribution in [1.82, 2.24) is 25.4 Å². The topological polar surface area (TPSA) is 104 Å². The van der Waals surface area contributed by atoms with Gasteiger partial charge in [0.15, 0.2) is 0 Å². The first-order valence-electron chi connectivity index (χ1n) is 13.3. The van der Waals surface area contributed by atoms with Crippen molar-refractivity contribution in [2.24, 2.45) is 0 Å². The van der Waals surface area contributed by atoms with E-state index in [4.69, 9.17) is 4.74 Å². The van der Waals surface area contributed by atoms with Crippen molar-refractivity contribution in [1.29, 1.82) is 0 Å².